The number of ether oxygens (including phenoxy) is 1. The quantitative estimate of drug-likeness (QED) is 0.902. The zero-order valence-electron chi connectivity index (χ0n) is 11.5. The van der Waals surface area contributed by atoms with Gasteiger partial charge in [-0.15, -0.1) is 13.2 Å². The Balaban J connectivity index is 1.92. The van der Waals surface area contributed by atoms with Crippen molar-refractivity contribution in [3.05, 3.63) is 24.3 Å². The summed E-state index contributed by atoms with van der Waals surface area (Å²) < 4.78 is 39.9. The second-order valence-corrected chi connectivity index (χ2v) is 5.26. The van der Waals surface area contributed by atoms with E-state index in [-0.39, 0.29) is 17.6 Å². The minimum absolute atomic E-state index is 0.125. The molecule has 0 bridgehead atoms. The average molecular weight is 302 g/mol. The van der Waals surface area contributed by atoms with Crippen LogP contribution in [0.2, 0.25) is 0 Å². The van der Waals surface area contributed by atoms with Gasteiger partial charge in [-0.05, 0) is 43.1 Å². The van der Waals surface area contributed by atoms with Crippen LogP contribution in [0.25, 0.3) is 0 Å². The van der Waals surface area contributed by atoms with E-state index in [4.69, 9.17) is 0 Å². The molecule has 21 heavy (non-hydrogen) atoms. The van der Waals surface area contributed by atoms with E-state index in [0.717, 1.165) is 13.0 Å². The van der Waals surface area contributed by atoms with Crippen molar-refractivity contribution in [2.45, 2.75) is 19.7 Å². The van der Waals surface area contributed by atoms with Gasteiger partial charge < -0.3 is 15.4 Å². The second-order valence-electron chi connectivity index (χ2n) is 5.26. The molecular formula is C14H17F3N2O2. The van der Waals surface area contributed by atoms with Crippen LogP contribution in [0, 0.1) is 11.8 Å². The molecule has 1 aliphatic heterocycles. The molecule has 116 valence electrons. The molecule has 2 unspecified atom stereocenters. The van der Waals surface area contributed by atoms with Crippen molar-refractivity contribution >= 4 is 11.6 Å². The fourth-order valence-electron chi connectivity index (χ4n) is 2.34. The number of halogens is 3. The molecule has 2 rings (SSSR count). The molecule has 2 atom stereocenters. The van der Waals surface area contributed by atoms with E-state index in [0.29, 0.717) is 18.2 Å². The summed E-state index contributed by atoms with van der Waals surface area (Å²) in [6, 6.07) is 5.12. The molecule has 1 fully saturated rings. The van der Waals surface area contributed by atoms with Crippen molar-refractivity contribution in [3.8, 4) is 5.75 Å². The summed E-state index contributed by atoms with van der Waals surface area (Å²) in [6.45, 7) is 3.58. The normalized spacial score (nSPS) is 22.7. The molecule has 1 saturated heterocycles. The summed E-state index contributed by atoms with van der Waals surface area (Å²) in [5, 5.41) is 5.89. The third-order valence-corrected chi connectivity index (χ3v) is 3.30. The van der Waals surface area contributed by atoms with Gasteiger partial charge in [0.2, 0.25) is 5.91 Å². The second kappa shape index (κ2) is 6.34. The summed E-state index contributed by atoms with van der Waals surface area (Å²) in [5.41, 5.74) is 0.452. The van der Waals surface area contributed by atoms with Gasteiger partial charge in [0.15, 0.2) is 0 Å². The standard InChI is InChI=1S/C14H17F3N2O2/c1-9-6-10(8-18-7-9)13(20)19-11-2-4-12(5-3-11)21-14(15,16)17/h2-5,9-10,18H,6-8H2,1H3,(H,19,20). The number of alkyl halides is 3. The monoisotopic (exact) mass is 302 g/mol. The van der Waals surface area contributed by atoms with Crippen LogP contribution in [0.4, 0.5) is 18.9 Å². The Kier molecular flexibility index (Phi) is 4.72. The summed E-state index contributed by atoms with van der Waals surface area (Å²) >= 11 is 0. The molecule has 7 heteroatoms. The summed E-state index contributed by atoms with van der Waals surface area (Å²) in [6.07, 6.45) is -3.91. The molecule has 0 spiro atoms. The number of hydrogen-bond acceptors (Lipinski definition) is 3. The lowest BCUT2D eigenvalue weighted by atomic mass is 9.91. The predicted molar refractivity (Wildman–Crippen MR) is 71.9 cm³/mol. The maximum absolute atomic E-state index is 12.1. The van der Waals surface area contributed by atoms with E-state index in [9.17, 15) is 18.0 Å². The van der Waals surface area contributed by atoms with Gasteiger partial charge in [0.05, 0.1) is 5.92 Å². The number of piperidine rings is 1. The molecule has 1 amide bonds. The Labute approximate surface area is 120 Å². The number of nitrogens with one attached hydrogen (secondary N) is 2. The molecule has 4 nitrogen and oxygen atoms in total. The first-order valence-corrected chi connectivity index (χ1v) is 6.71. The van der Waals surface area contributed by atoms with Gasteiger partial charge in [0.1, 0.15) is 5.75 Å². The first-order chi connectivity index (χ1) is 9.83. The van der Waals surface area contributed by atoms with Crippen molar-refractivity contribution in [1.82, 2.24) is 5.32 Å². The minimum atomic E-state index is -4.71. The molecule has 0 aromatic heterocycles. The number of carbonyl (C=O) groups excluding carboxylic acids is 1. The number of hydrogen-bond donors (Lipinski definition) is 2. The highest BCUT2D eigenvalue weighted by atomic mass is 19.4. The van der Waals surface area contributed by atoms with Crippen molar-refractivity contribution < 1.29 is 22.7 Å². The molecule has 0 saturated carbocycles. The Morgan fingerprint density at radius 1 is 1.29 bits per heavy atom. The summed E-state index contributed by atoms with van der Waals surface area (Å²) in [7, 11) is 0. The van der Waals surface area contributed by atoms with Gasteiger partial charge >= 0.3 is 6.36 Å². The van der Waals surface area contributed by atoms with Gasteiger partial charge in [-0.3, -0.25) is 4.79 Å². The minimum Gasteiger partial charge on any atom is -0.406 e. The predicted octanol–water partition coefficient (Wildman–Crippen LogP) is 2.77. The van der Waals surface area contributed by atoms with Crippen LogP contribution in [-0.4, -0.2) is 25.4 Å². The van der Waals surface area contributed by atoms with Gasteiger partial charge in [-0.1, -0.05) is 6.92 Å². The Morgan fingerprint density at radius 2 is 1.95 bits per heavy atom. The zero-order chi connectivity index (χ0) is 15.5. The van der Waals surface area contributed by atoms with E-state index < -0.39 is 6.36 Å². The molecule has 0 radical (unpaired) electrons. The smallest absolute Gasteiger partial charge is 0.406 e. The third kappa shape index (κ3) is 4.93. The highest BCUT2D eigenvalue weighted by Gasteiger charge is 2.31. The van der Waals surface area contributed by atoms with Crippen LogP contribution in [0.1, 0.15) is 13.3 Å². The lowest BCUT2D eigenvalue weighted by molar-refractivity contribution is -0.274. The first-order valence-electron chi connectivity index (χ1n) is 6.71. The topological polar surface area (TPSA) is 50.4 Å². The van der Waals surface area contributed by atoms with Crippen LogP contribution < -0.4 is 15.4 Å². The largest absolute Gasteiger partial charge is 0.573 e. The zero-order valence-corrected chi connectivity index (χ0v) is 11.5. The SMILES string of the molecule is CC1CNCC(C(=O)Nc2ccc(OC(F)(F)F)cc2)C1. The van der Waals surface area contributed by atoms with Crippen molar-refractivity contribution in [3.63, 3.8) is 0 Å². The highest BCUT2D eigenvalue weighted by Crippen LogP contribution is 2.24. The van der Waals surface area contributed by atoms with Gasteiger partial charge in [-0.2, -0.15) is 0 Å². The number of benzene rings is 1. The fourth-order valence-corrected chi connectivity index (χ4v) is 2.34. The van der Waals surface area contributed by atoms with Crippen LogP contribution in [-0.2, 0) is 4.79 Å². The Hall–Kier alpha value is -1.76. The molecular weight excluding hydrogens is 285 g/mol. The van der Waals surface area contributed by atoms with E-state index >= 15 is 0 Å². The fraction of sp³-hybridized carbons (Fsp3) is 0.500. The van der Waals surface area contributed by atoms with E-state index in [2.05, 4.69) is 22.3 Å². The highest BCUT2D eigenvalue weighted by molar-refractivity contribution is 5.92. The average Bonchev–Trinajstić information content (AvgIpc) is 2.39. The van der Waals surface area contributed by atoms with E-state index in [1.165, 1.54) is 24.3 Å². The van der Waals surface area contributed by atoms with Crippen LogP contribution in [0.3, 0.4) is 0 Å². The summed E-state index contributed by atoms with van der Waals surface area (Å²) in [5.74, 6) is -0.135. The Bertz CT molecular complexity index is 488. The van der Waals surface area contributed by atoms with Gasteiger partial charge in [-0.25, -0.2) is 0 Å². The van der Waals surface area contributed by atoms with Crippen molar-refractivity contribution in [2.24, 2.45) is 11.8 Å². The number of rotatable bonds is 3. The van der Waals surface area contributed by atoms with Crippen molar-refractivity contribution in [2.75, 3.05) is 18.4 Å². The van der Waals surface area contributed by atoms with Gasteiger partial charge in [0.25, 0.3) is 0 Å². The molecule has 1 aromatic carbocycles. The first kappa shape index (κ1) is 15.6. The molecule has 0 aliphatic carbocycles. The molecule has 2 N–H and O–H groups in total. The lowest BCUT2D eigenvalue weighted by Gasteiger charge is -2.26. The molecule has 1 heterocycles. The maximum Gasteiger partial charge on any atom is 0.573 e. The van der Waals surface area contributed by atoms with Crippen molar-refractivity contribution in [1.29, 1.82) is 0 Å². The van der Waals surface area contributed by atoms with E-state index in [1.54, 1.807) is 0 Å². The van der Waals surface area contributed by atoms with Crippen LogP contribution in [0.15, 0.2) is 24.3 Å². The van der Waals surface area contributed by atoms with Gasteiger partial charge in [0, 0.05) is 12.2 Å². The van der Waals surface area contributed by atoms with Crippen LogP contribution in [0.5, 0.6) is 5.75 Å². The van der Waals surface area contributed by atoms with E-state index in [1.807, 2.05) is 0 Å². The number of anilines is 1. The number of amides is 1. The maximum atomic E-state index is 12.1. The summed E-state index contributed by atoms with van der Waals surface area (Å²) in [4.78, 5) is 12.1. The van der Waals surface area contributed by atoms with Crippen LogP contribution >= 0.6 is 0 Å². The number of carbonyl (C=O) groups is 1. The molecule has 1 aliphatic rings. The molecule has 1 aromatic rings. The third-order valence-electron chi connectivity index (χ3n) is 3.30. The lowest BCUT2D eigenvalue weighted by Crippen LogP contribution is -2.40. The Morgan fingerprint density at radius 3 is 2.52 bits per heavy atom.